The molecule has 100 valence electrons. The molecule has 18 heavy (non-hydrogen) atoms. The number of aliphatic carboxylic acids is 1. The summed E-state index contributed by atoms with van der Waals surface area (Å²) >= 11 is 3.28. The molecule has 1 aromatic carbocycles. The molecule has 0 saturated carbocycles. The predicted molar refractivity (Wildman–Crippen MR) is 72.5 cm³/mol. The van der Waals surface area contributed by atoms with Crippen molar-refractivity contribution in [3.8, 4) is 0 Å². The molecule has 6 heteroatoms. The van der Waals surface area contributed by atoms with Crippen LogP contribution < -0.4 is 0 Å². The van der Waals surface area contributed by atoms with Gasteiger partial charge in [-0.05, 0) is 23.8 Å². The van der Waals surface area contributed by atoms with Gasteiger partial charge in [0.1, 0.15) is 0 Å². The van der Waals surface area contributed by atoms with E-state index in [0.717, 1.165) is 10.7 Å². The molecule has 0 aliphatic heterocycles. The molecule has 0 aliphatic rings. The van der Waals surface area contributed by atoms with Crippen molar-refractivity contribution in [2.45, 2.75) is 30.6 Å². The van der Waals surface area contributed by atoms with Gasteiger partial charge in [0.05, 0.1) is 11.3 Å². The Morgan fingerprint density at radius 2 is 1.94 bits per heavy atom. The Kier molecular flexibility index (Phi) is 4.23. The second-order valence-electron chi connectivity index (χ2n) is 4.87. The number of carboxylic acid groups (broad SMARTS) is 1. The van der Waals surface area contributed by atoms with Crippen molar-refractivity contribution in [1.29, 1.82) is 0 Å². The normalized spacial score (nSPS) is 12.4. The summed E-state index contributed by atoms with van der Waals surface area (Å²) in [6.07, 6.45) is 0.989. The summed E-state index contributed by atoms with van der Waals surface area (Å²) in [6, 6.07) is 4.80. The molecule has 0 radical (unpaired) electrons. The number of carbonyl (C=O) groups is 1. The predicted octanol–water partition coefficient (Wildman–Crippen LogP) is 2.60. The van der Waals surface area contributed by atoms with Crippen molar-refractivity contribution in [3.63, 3.8) is 0 Å². The van der Waals surface area contributed by atoms with E-state index in [1.807, 2.05) is 0 Å². The van der Waals surface area contributed by atoms with Crippen molar-refractivity contribution in [3.05, 3.63) is 28.2 Å². The first-order chi connectivity index (χ1) is 8.04. The van der Waals surface area contributed by atoms with Gasteiger partial charge in [0, 0.05) is 16.1 Å². The van der Waals surface area contributed by atoms with Gasteiger partial charge in [0.15, 0.2) is 9.84 Å². The summed E-state index contributed by atoms with van der Waals surface area (Å²) in [5.41, 5.74) is -0.240. The molecule has 0 spiro atoms. The molecule has 0 aromatic heterocycles. The summed E-state index contributed by atoms with van der Waals surface area (Å²) in [7, 11) is -3.38. The van der Waals surface area contributed by atoms with Gasteiger partial charge >= 0.3 is 5.97 Å². The van der Waals surface area contributed by atoms with E-state index in [9.17, 15) is 13.2 Å². The molecule has 0 aliphatic carbocycles. The van der Waals surface area contributed by atoms with E-state index in [1.165, 1.54) is 6.07 Å². The lowest BCUT2D eigenvalue weighted by molar-refractivity contribution is -0.138. The lowest BCUT2D eigenvalue weighted by atomic mass is 9.81. The summed E-state index contributed by atoms with van der Waals surface area (Å²) in [5.74, 6) is -0.959. The Bertz CT molecular complexity index is 576. The van der Waals surface area contributed by atoms with Gasteiger partial charge < -0.3 is 5.11 Å². The highest BCUT2D eigenvalue weighted by Gasteiger charge is 2.29. The topological polar surface area (TPSA) is 71.4 Å². The summed E-state index contributed by atoms with van der Waals surface area (Å²) < 4.78 is 24.2. The van der Waals surface area contributed by atoms with Crippen LogP contribution in [0.1, 0.15) is 25.8 Å². The molecule has 0 fully saturated rings. The average Bonchev–Trinajstić information content (AvgIpc) is 2.13. The SMILES string of the molecule is CC(C)(CC(=O)O)c1cc(Br)ccc1S(C)(=O)=O. The number of halogens is 1. The quantitative estimate of drug-likeness (QED) is 0.918. The minimum atomic E-state index is -3.38. The molecule has 0 saturated heterocycles. The third kappa shape index (κ3) is 3.55. The van der Waals surface area contributed by atoms with Crippen molar-refractivity contribution < 1.29 is 18.3 Å². The van der Waals surface area contributed by atoms with Crippen LogP contribution in [0.15, 0.2) is 27.6 Å². The third-order valence-electron chi connectivity index (χ3n) is 2.66. The summed E-state index contributed by atoms with van der Waals surface area (Å²) in [6.45, 7) is 3.44. The molecule has 0 heterocycles. The molecule has 1 aromatic rings. The second-order valence-corrected chi connectivity index (χ2v) is 7.77. The smallest absolute Gasteiger partial charge is 0.304 e. The molecule has 0 amide bonds. The highest BCUT2D eigenvalue weighted by atomic mass is 79.9. The zero-order valence-corrected chi connectivity index (χ0v) is 12.8. The van der Waals surface area contributed by atoms with E-state index in [1.54, 1.807) is 26.0 Å². The second kappa shape index (κ2) is 5.01. The highest BCUT2D eigenvalue weighted by Crippen LogP contribution is 2.34. The van der Waals surface area contributed by atoms with E-state index in [2.05, 4.69) is 15.9 Å². The van der Waals surface area contributed by atoms with Gasteiger partial charge in [-0.3, -0.25) is 4.79 Å². The zero-order chi connectivity index (χ0) is 14.1. The first kappa shape index (κ1) is 15.2. The Morgan fingerprint density at radius 3 is 2.39 bits per heavy atom. The fourth-order valence-corrected chi connectivity index (χ4v) is 3.24. The van der Waals surface area contributed by atoms with Crippen LogP contribution in [0.25, 0.3) is 0 Å². The van der Waals surface area contributed by atoms with Crippen molar-refractivity contribution in [2.24, 2.45) is 0 Å². The molecule has 0 unspecified atom stereocenters. The number of hydrogen-bond acceptors (Lipinski definition) is 3. The van der Waals surface area contributed by atoms with E-state index in [4.69, 9.17) is 5.11 Å². The maximum atomic E-state index is 11.7. The van der Waals surface area contributed by atoms with E-state index in [-0.39, 0.29) is 11.3 Å². The molecular weight excluding hydrogens is 320 g/mol. The first-order valence-corrected chi connectivity index (χ1v) is 7.94. The third-order valence-corrected chi connectivity index (χ3v) is 4.31. The molecule has 4 nitrogen and oxygen atoms in total. The largest absolute Gasteiger partial charge is 0.481 e. The van der Waals surface area contributed by atoms with Crippen LogP contribution in [0.3, 0.4) is 0 Å². The van der Waals surface area contributed by atoms with Crippen LogP contribution in [-0.4, -0.2) is 25.7 Å². The number of rotatable bonds is 4. The van der Waals surface area contributed by atoms with Crippen molar-refractivity contribution >= 4 is 31.7 Å². The maximum absolute atomic E-state index is 11.7. The molecule has 0 bridgehead atoms. The highest BCUT2D eigenvalue weighted by molar-refractivity contribution is 9.10. The molecular formula is C12H15BrO4S. The summed E-state index contributed by atoms with van der Waals surface area (Å²) in [4.78, 5) is 11.1. The molecule has 0 atom stereocenters. The molecule has 1 N–H and O–H groups in total. The number of benzene rings is 1. The van der Waals surface area contributed by atoms with Crippen LogP contribution in [0, 0.1) is 0 Å². The lowest BCUT2D eigenvalue weighted by Crippen LogP contribution is -2.24. The van der Waals surface area contributed by atoms with Gasteiger partial charge in [-0.15, -0.1) is 0 Å². The van der Waals surface area contributed by atoms with Crippen LogP contribution in [0.4, 0.5) is 0 Å². The Balaban J connectivity index is 3.47. The average molecular weight is 335 g/mol. The van der Waals surface area contributed by atoms with Crippen molar-refractivity contribution in [1.82, 2.24) is 0 Å². The number of carboxylic acids is 1. The standard InChI is InChI=1S/C12H15BrO4S/c1-12(2,7-11(14)15)9-6-8(13)4-5-10(9)18(3,16)17/h4-6H,7H2,1-3H3,(H,14,15). The van der Waals surface area contributed by atoms with Gasteiger partial charge in [-0.1, -0.05) is 29.8 Å². The minimum Gasteiger partial charge on any atom is -0.481 e. The monoisotopic (exact) mass is 334 g/mol. The van der Waals surface area contributed by atoms with Gasteiger partial charge in [-0.2, -0.15) is 0 Å². The van der Waals surface area contributed by atoms with Gasteiger partial charge in [0.25, 0.3) is 0 Å². The fraction of sp³-hybridized carbons (Fsp3) is 0.417. The molecule has 1 rings (SSSR count). The maximum Gasteiger partial charge on any atom is 0.304 e. The Morgan fingerprint density at radius 1 is 1.39 bits per heavy atom. The van der Waals surface area contributed by atoms with E-state index in [0.29, 0.717) is 5.56 Å². The van der Waals surface area contributed by atoms with Crippen molar-refractivity contribution in [2.75, 3.05) is 6.26 Å². The van der Waals surface area contributed by atoms with Gasteiger partial charge in [-0.25, -0.2) is 8.42 Å². The van der Waals surface area contributed by atoms with Gasteiger partial charge in [0.2, 0.25) is 0 Å². The summed E-state index contributed by atoms with van der Waals surface area (Å²) in [5, 5.41) is 8.91. The zero-order valence-electron chi connectivity index (χ0n) is 10.4. The van der Waals surface area contributed by atoms with Crippen LogP contribution >= 0.6 is 15.9 Å². The number of hydrogen-bond donors (Lipinski definition) is 1. The first-order valence-electron chi connectivity index (χ1n) is 5.26. The van der Waals surface area contributed by atoms with Crippen LogP contribution in [0.5, 0.6) is 0 Å². The Labute approximate surface area is 115 Å². The Hall–Kier alpha value is -0.880. The fourth-order valence-electron chi connectivity index (χ4n) is 1.83. The van der Waals surface area contributed by atoms with Crippen LogP contribution in [-0.2, 0) is 20.0 Å². The van der Waals surface area contributed by atoms with Crippen LogP contribution in [0.2, 0.25) is 0 Å². The van der Waals surface area contributed by atoms with E-state index >= 15 is 0 Å². The van der Waals surface area contributed by atoms with E-state index < -0.39 is 21.2 Å². The lowest BCUT2D eigenvalue weighted by Gasteiger charge is -2.25. The number of sulfone groups is 1. The minimum absolute atomic E-state index is 0.133.